The van der Waals surface area contributed by atoms with Crippen LogP contribution in [0.3, 0.4) is 0 Å². The molecule has 0 atom stereocenters. The number of nitrogens with zero attached hydrogens (tertiary/aromatic N) is 3. The van der Waals surface area contributed by atoms with Crippen LogP contribution in [0.2, 0.25) is 10.6 Å². The van der Waals surface area contributed by atoms with Gasteiger partial charge in [0, 0.05) is 28.8 Å². The van der Waals surface area contributed by atoms with Crippen molar-refractivity contribution < 1.29 is 24.5 Å². The van der Waals surface area contributed by atoms with E-state index in [9.17, 15) is 15.0 Å². The van der Waals surface area contributed by atoms with Crippen molar-refractivity contribution in [2.75, 3.05) is 5.32 Å². The van der Waals surface area contributed by atoms with Gasteiger partial charge in [-0.2, -0.15) is 15.0 Å². The predicted octanol–water partition coefficient (Wildman–Crippen LogP) is 5.32. The van der Waals surface area contributed by atoms with E-state index in [4.69, 9.17) is 32.7 Å². The SMILES string of the molecule is Cl.O=C1OC2(c3ccc(O)cc3Oc3cc(O)ccc32)c2cccc(Nc3nc(Cl)nc(Cl)n3)c21. The summed E-state index contributed by atoms with van der Waals surface area (Å²) in [6.45, 7) is 0. The van der Waals surface area contributed by atoms with Gasteiger partial charge >= 0.3 is 5.97 Å². The number of aromatic nitrogens is 3. The van der Waals surface area contributed by atoms with Gasteiger partial charge in [-0.25, -0.2) is 4.79 Å². The van der Waals surface area contributed by atoms with Crippen LogP contribution in [0, 0.1) is 0 Å². The van der Waals surface area contributed by atoms with Crippen LogP contribution in [0.1, 0.15) is 27.0 Å². The number of hydrogen-bond acceptors (Lipinski definition) is 9. The molecule has 3 aromatic carbocycles. The average Bonchev–Trinajstić information content (AvgIpc) is 3.06. The lowest BCUT2D eigenvalue weighted by atomic mass is 9.77. The maximum Gasteiger partial charge on any atom is 0.342 e. The van der Waals surface area contributed by atoms with Crippen LogP contribution in [0.15, 0.2) is 54.6 Å². The first-order valence-corrected chi connectivity index (χ1v) is 10.7. The van der Waals surface area contributed by atoms with Crippen LogP contribution in [0.5, 0.6) is 23.0 Å². The molecule has 35 heavy (non-hydrogen) atoms. The van der Waals surface area contributed by atoms with Gasteiger partial charge in [-0.05, 0) is 53.5 Å². The molecule has 1 spiro atoms. The summed E-state index contributed by atoms with van der Waals surface area (Å²) >= 11 is 11.8. The molecule has 0 bridgehead atoms. The Balaban J connectivity index is 0.00000253. The first-order chi connectivity index (χ1) is 16.3. The number of aromatic hydroxyl groups is 2. The molecule has 0 fully saturated rings. The van der Waals surface area contributed by atoms with E-state index in [1.54, 1.807) is 30.3 Å². The Hall–Kier alpha value is -3.79. The Morgan fingerprint density at radius 2 is 1.43 bits per heavy atom. The number of esters is 1. The zero-order chi connectivity index (χ0) is 23.6. The zero-order valence-corrected chi connectivity index (χ0v) is 19.6. The summed E-state index contributed by atoms with van der Waals surface area (Å²) in [6, 6.07) is 14.3. The molecule has 0 amide bonds. The summed E-state index contributed by atoms with van der Waals surface area (Å²) in [6.07, 6.45) is 0. The van der Waals surface area contributed by atoms with Crippen LogP contribution in [-0.2, 0) is 10.3 Å². The smallest absolute Gasteiger partial charge is 0.342 e. The molecule has 0 saturated heterocycles. The second kappa shape index (κ2) is 8.16. The molecule has 1 aromatic heterocycles. The predicted molar refractivity (Wildman–Crippen MR) is 128 cm³/mol. The van der Waals surface area contributed by atoms with E-state index < -0.39 is 11.6 Å². The van der Waals surface area contributed by atoms with E-state index >= 15 is 0 Å². The van der Waals surface area contributed by atoms with Crippen molar-refractivity contribution in [2.45, 2.75) is 5.60 Å². The first kappa shape index (κ1) is 23.0. The highest BCUT2D eigenvalue weighted by molar-refractivity contribution is 6.31. The molecule has 2 aliphatic rings. The summed E-state index contributed by atoms with van der Waals surface area (Å²) in [5, 5.41) is 22.8. The second-order valence-electron chi connectivity index (χ2n) is 7.58. The van der Waals surface area contributed by atoms with Crippen LogP contribution < -0.4 is 10.1 Å². The lowest BCUT2D eigenvalue weighted by molar-refractivity contribution is 0.0224. The Morgan fingerprint density at radius 3 is 2.03 bits per heavy atom. The number of rotatable bonds is 2. The number of phenolic OH excluding ortho intramolecular Hbond substituents is 2. The zero-order valence-electron chi connectivity index (χ0n) is 17.3. The molecular weight excluding hydrogens is 519 g/mol. The molecule has 2 aliphatic heterocycles. The minimum Gasteiger partial charge on any atom is -0.508 e. The molecule has 176 valence electrons. The summed E-state index contributed by atoms with van der Waals surface area (Å²) in [5.74, 6) is -0.0394. The van der Waals surface area contributed by atoms with Crippen molar-refractivity contribution in [3.8, 4) is 23.0 Å². The molecule has 0 unspecified atom stereocenters. The number of hydrogen-bond donors (Lipinski definition) is 3. The topological polar surface area (TPSA) is 127 Å². The Kier molecular flexibility index (Phi) is 5.36. The maximum atomic E-state index is 13.3. The first-order valence-electron chi connectivity index (χ1n) is 9.91. The molecule has 0 saturated carbocycles. The minimum atomic E-state index is -1.39. The van der Waals surface area contributed by atoms with E-state index in [2.05, 4.69) is 20.3 Å². The molecule has 0 aliphatic carbocycles. The van der Waals surface area contributed by atoms with E-state index in [0.717, 1.165) is 0 Å². The fourth-order valence-corrected chi connectivity index (χ4v) is 4.72. The number of fused-ring (bicyclic) bond motifs is 6. The summed E-state index contributed by atoms with van der Waals surface area (Å²) < 4.78 is 12.0. The van der Waals surface area contributed by atoms with Crippen LogP contribution in [0.25, 0.3) is 0 Å². The molecule has 3 N–H and O–H groups in total. The third-order valence-corrected chi connectivity index (χ3v) is 5.97. The van der Waals surface area contributed by atoms with Gasteiger partial charge in [-0.15, -0.1) is 12.4 Å². The molecule has 3 heterocycles. The van der Waals surface area contributed by atoms with Crippen molar-refractivity contribution in [3.63, 3.8) is 0 Å². The van der Waals surface area contributed by atoms with Crippen molar-refractivity contribution in [1.82, 2.24) is 15.0 Å². The van der Waals surface area contributed by atoms with Gasteiger partial charge in [0.25, 0.3) is 0 Å². The monoisotopic (exact) mass is 530 g/mol. The highest BCUT2D eigenvalue weighted by Gasteiger charge is 2.54. The molecule has 4 aromatic rings. The maximum absolute atomic E-state index is 13.3. The largest absolute Gasteiger partial charge is 0.508 e. The molecule has 0 radical (unpaired) electrons. The number of halogens is 3. The lowest BCUT2D eigenvalue weighted by Crippen LogP contribution is -2.32. The summed E-state index contributed by atoms with van der Waals surface area (Å²) in [5.41, 5.74) is 0.775. The standard InChI is InChI=1S/C23H12Cl2N4O5.ClH/c24-20-27-21(25)29-22(28-20)26-15-3-1-2-14-18(15)19(32)34-23(14)12-6-4-10(30)8-16(12)33-17-9-11(31)5-7-13(17)23;/h1-9,30-31H,(H,26,27,28,29);1H. The Bertz CT molecular complexity index is 1460. The van der Waals surface area contributed by atoms with Gasteiger partial charge in [0.05, 0.1) is 11.3 Å². The van der Waals surface area contributed by atoms with E-state index in [1.807, 2.05) is 0 Å². The number of phenols is 2. The van der Waals surface area contributed by atoms with Crippen LogP contribution in [0.4, 0.5) is 11.6 Å². The van der Waals surface area contributed by atoms with E-state index in [1.165, 1.54) is 24.3 Å². The lowest BCUT2D eigenvalue weighted by Gasteiger charge is -2.36. The summed E-state index contributed by atoms with van der Waals surface area (Å²) in [4.78, 5) is 25.0. The molecule has 9 nitrogen and oxygen atoms in total. The second-order valence-corrected chi connectivity index (χ2v) is 8.26. The van der Waals surface area contributed by atoms with E-state index in [-0.39, 0.29) is 57.5 Å². The molecule has 6 rings (SSSR count). The minimum absolute atomic E-state index is 0. The van der Waals surface area contributed by atoms with Crippen molar-refractivity contribution in [2.24, 2.45) is 0 Å². The number of ether oxygens (including phenoxy) is 2. The van der Waals surface area contributed by atoms with Gasteiger partial charge in [0.1, 0.15) is 23.0 Å². The third-order valence-electron chi connectivity index (χ3n) is 5.63. The number of anilines is 2. The highest BCUT2D eigenvalue weighted by Crippen LogP contribution is 2.57. The fourth-order valence-electron chi connectivity index (χ4n) is 4.35. The van der Waals surface area contributed by atoms with Crippen LogP contribution >= 0.6 is 35.6 Å². The number of benzene rings is 3. The van der Waals surface area contributed by atoms with Gasteiger partial charge < -0.3 is 25.0 Å². The fraction of sp³-hybridized carbons (Fsp3) is 0.0435. The van der Waals surface area contributed by atoms with E-state index in [0.29, 0.717) is 22.4 Å². The highest BCUT2D eigenvalue weighted by atomic mass is 35.5. The van der Waals surface area contributed by atoms with Crippen molar-refractivity contribution in [3.05, 3.63) is 87.4 Å². The molecule has 12 heteroatoms. The quantitative estimate of drug-likeness (QED) is 0.294. The Labute approximate surface area is 213 Å². The Morgan fingerprint density at radius 1 is 0.829 bits per heavy atom. The van der Waals surface area contributed by atoms with Gasteiger partial charge in [0.15, 0.2) is 5.60 Å². The normalized spacial score (nSPS) is 14.2. The van der Waals surface area contributed by atoms with Gasteiger partial charge in [0.2, 0.25) is 16.5 Å². The number of carbonyl (C=O) groups is 1. The van der Waals surface area contributed by atoms with Crippen LogP contribution in [-0.4, -0.2) is 31.1 Å². The average molecular weight is 532 g/mol. The molecular formula is C23H13Cl3N4O5. The van der Waals surface area contributed by atoms with Crippen molar-refractivity contribution in [1.29, 1.82) is 0 Å². The number of nitrogens with one attached hydrogen (secondary N) is 1. The van der Waals surface area contributed by atoms with Gasteiger partial charge in [-0.1, -0.05) is 12.1 Å². The van der Waals surface area contributed by atoms with Crippen molar-refractivity contribution >= 4 is 53.2 Å². The third kappa shape index (κ3) is 3.47. The summed E-state index contributed by atoms with van der Waals surface area (Å²) in [7, 11) is 0. The number of carbonyl (C=O) groups excluding carboxylic acids is 1. The van der Waals surface area contributed by atoms with Gasteiger partial charge in [-0.3, -0.25) is 0 Å².